The van der Waals surface area contributed by atoms with E-state index in [0.717, 1.165) is 62.3 Å². The van der Waals surface area contributed by atoms with Crippen LogP contribution < -0.4 is 10.2 Å². The average Bonchev–Trinajstić information content (AvgIpc) is 3.24. The van der Waals surface area contributed by atoms with Crippen molar-refractivity contribution in [1.82, 2.24) is 24.5 Å². The van der Waals surface area contributed by atoms with E-state index in [2.05, 4.69) is 33.3 Å². The number of nitrogens with zero attached hydrogens (tertiary/aromatic N) is 5. The standard InChI is InChI=1S/C20H28N6OS/c1-15(2)26-9-8-21-17(14-26)19(27)24-10-12-25(13-11-24)20-22-18(23-28-20)16-6-4-3-5-7-16/h3-7,15,17,21H,8-14H2,1-2H3. The van der Waals surface area contributed by atoms with Crippen molar-refractivity contribution < 1.29 is 4.79 Å². The monoisotopic (exact) mass is 400 g/mol. The van der Waals surface area contributed by atoms with Crippen molar-refractivity contribution in [2.75, 3.05) is 50.7 Å². The van der Waals surface area contributed by atoms with Gasteiger partial charge >= 0.3 is 0 Å². The van der Waals surface area contributed by atoms with E-state index in [-0.39, 0.29) is 11.9 Å². The van der Waals surface area contributed by atoms with E-state index in [1.807, 2.05) is 35.2 Å². The first-order chi connectivity index (χ1) is 13.6. The second kappa shape index (κ2) is 8.55. The molecule has 1 aromatic carbocycles. The van der Waals surface area contributed by atoms with Crippen LogP contribution >= 0.6 is 11.5 Å². The van der Waals surface area contributed by atoms with Gasteiger partial charge in [-0.1, -0.05) is 30.3 Å². The van der Waals surface area contributed by atoms with Crippen LogP contribution in [0.1, 0.15) is 13.8 Å². The van der Waals surface area contributed by atoms with Gasteiger partial charge in [0, 0.05) is 69.0 Å². The molecule has 0 bridgehead atoms. The van der Waals surface area contributed by atoms with Crippen molar-refractivity contribution in [1.29, 1.82) is 0 Å². The Morgan fingerprint density at radius 2 is 1.89 bits per heavy atom. The maximum Gasteiger partial charge on any atom is 0.241 e. The van der Waals surface area contributed by atoms with Crippen molar-refractivity contribution in [3.63, 3.8) is 0 Å². The number of benzene rings is 1. The summed E-state index contributed by atoms with van der Waals surface area (Å²) >= 11 is 1.43. The summed E-state index contributed by atoms with van der Waals surface area (Å²) in [6, 6.07) is 10.4. The molecular formula is C20H28N6OS. The third-order valence-electron chi connectivity index (χ3n) is 5.54. The molecule has 1 atom stereocenters. The van der Waals surface area contributed by atoms with E-state index in [1.54, 1.807) is 0 Å². The molecule has 1 unspecified atom stereocenters. The summed E-state index contributed by atoms with van der Waals surface area (Å²) in [6.45, 7) is 10.1. The smallest absolute Gasteiger partial charge is 0.241 e. The molecule has 0 saturated carbocycles. The lowest BCUT2D eigenvalue weighted by atomic mass is 10.1. The summed E-state index contributed by atoms with van der Waals surface area (Å²) in [5.74, 6) is 1.01. The van der Waals surface area contributed by atoms with Gasteiger partial charge in [-0.3, -0.25) is 9.69 Å². The van der Waals surface area contributed by atoms with Gasteiger partial charge in [0.15, 0.2) is 5.82 Å². The number of hydrogen-bond acceptors (Lipinski definition) is 7. The third-order valence-corrected chi connectivity index (χ3v) is 6.32. The summed E-state index contributed by atoms with van der Waals surface area (Å²) in [7, 11) is 0. The Morgan fingerprint density at radius 1 is 1.14 bits per heavy atom. The summed E-state index contributed by atoms with van der Waals surface area (Å²) in [5, 5.41) is 4.34. The minimum Gasteiger partial charge on any atom is -0.343 e. The molecule has 7 nitrogen and oxygen atoms in total. The molecule has 2 aromatic rings. The van der Waals surface area contributed by atoms with Crippen molar-refractivity contribution in [3.05, 3.63) is 30.3 Å². The van der Waals surface area contributed by atoms with E-state index in [4.69, 9.17) is 4.98 Å². The molecule has 1 N–H and O–H groups in total. The van der Waals surface area contributed by atoms with Gasteiger partial charge in [0.1, 0.15) is 0 Å². The number of aromatic nitrogens is 2. The first-order valence-electron chi connectivity index (χ1n) is 10.0. The summed E-state index contributed by atoms with van der Waals surface area (Å²) in [6.07, 6.45) is 0. The van der Waals surface area contributed by atoms with E-state index >= 15 is 0 Å². The highest BCUT2D eigenvalue weighted by Crippen LogP contribution is 2.24. The number of nitrogens with one attached hydrogen (secondary N) is 1. The van der Waals surface area contributed by atoms with Gasteiger partial charge in [-0.25, -0.2) is 0 Å². The Labute approximate surface area is 170 Å². The lowest BCUT2D eigenvalue weighted by molar-refractivity contribution is -0.135. The molecule has 2 aliphatic heterocycles. The number of rotatable bonds is 4. The van der Waals surface area contributed by atoms with Crippen molar-refractivity contribution in [2.45, 2.75) is 25.9 Å². The minimum absolute atomic E-state index is 0.0890. The number of carbonyl (C=O) groups excluding carboxylic acids is 1. The molecule has 0 spiro atoms. The van der Waals surface area contributed by atoms with Crippen LogP contribution in [-0.2, 0) is 4.79 Å². The second-order valence-corrected chi connectivity index (χ2v) is 8.40. The lowest BCUT2D eigenvalue weighted by Gasteiger charge is -2.40. The van der Waals surface area contributed by atoms with Crippen LogP contribution in [0.2, 0.25) is 0 Å². The third kappa shape index (κ3) is 4.19. The van der Waals surface area contributed by atoms with E-state index < -0.39 is 0 Å². The molecule has 150 valence electrons. The fourth-order valence-corrected chi connectivity index (χ4v) is 4.53. The zero-order valence-electron chi connectivity index (χ0n) is 16.5. The molecule has 0 aliphatic carbocycles. The average molecular weight is 401 g/mol. The minimum atomic E-state index is -0.0890. The van der Waals surface area contributed by atoms with Crippen LogP contribution in [0.25, 0.3) is 11.4 Å². The largest absolute Gasteiger partial charge is 0.343 e. The van der Waals surface area contributed by atoms with Crippen LogP contribution in [0.5, 0.6) is 0 Å². The van der Waals surface area contributed by atoms with Crippen LogP contribution in [0.4, 0.5) is 5.13 Å². The highest BCUT2D eigenvalue weighted by Gasteiger charge is 2.32. The fraction of sp³-hybridized carbons (Fsp3) is 0.550. The molecular weight excluding hydrogens is 372 g/mol. The van der Waals surface area contributed by atoms with Gasteiger partial charge < -0.3 is 15.1 Å². The molecule has 28 heavy (non-hydrogen) atoms. The number of anilines is 1. The summed E-state index contributed by atoms with van der Waals surface area (Å²) < 4.78 is 4.51. The maximum absolute atomic E-state index is 12.9. The molecule has 2 aliphatic rings. The number of piperazine rings is 2. The molecule has 2 fully saturated rings. The van der Waals surface area contributed by atoms with E-state index in [1.165, 1.54) is 11.5 Å². The van der Waals surface area contributed by atoms with Gasteiger partial charge in [-0.2, -0.15) is 9.36 Å². The molecule has 0 radical (unpaired) electrons. The van der Waals surface area contributed by atoms with Crippen LogP contribution in [0.15, 0.2) is 30.3 Å². The normalized spacial score (nSPS) is 21.3. The zero-order chi connectivity index (χ0) is 19.5. The van der Waals surface area contributed by atoms with Crippen LogP contribution in [0, 0.1) is 0 Å². The number of hydrogen-bond donors (Lipinski definition) is 1. The second-order valence-electron chi connectivity index (χ2n) is 7.67. The molecule has 2 saturated heterocycles. The SMILES string of the molecule is CC(C)N1CCNC(C(=O)N2CCN(c3nc(-c4ccccc4)ns3)CC2)C1. The Hall–Kier alpha value is -2.03. The topological polar surface area (TPSA) is 64.6 Å². The first kappa shape index (κ1) is 19.3. The number of carbonyl (C=O) groups is 1. The van der Waals surface area contributed by atoms with Crippen molar-refractivity contribution in [3.8, 4) is 11.4 Å². The first-order valence-corrected chi connectivity index (χ1v) is 10.8. The van der Waals surface area contributed by atoms with Crippen molar-refractivity contribution in [2.24, 2.45) is 0 Å². The Morgan fingerprint density at radius 3 is 2.61 bits per heavy atom. The predicted octanol–water partition coefficient (Wildman–Crippen LogP) is 1.54. The number of amides is 1. The molecule has 8 heteroatoms. The van der Waals surface area contributed by atoms with Gasteiger partial charge in [0.2, 0.25) is 11.0 Å². The predicted molar refractivity (Wildman–Crippen MR) is 113 cm³/mol. The molecule has 1 amide bonds. The lowest BCUT2D eigenvalue weighted by Crippen LogP contribution is -2.61. The Kier molecular flexibility index (Phi) is 5.89. The highest BCUT2D eigenvalue weighted by atomic mass is 32.1. The van der Waals surface area contributed by atoms with Crippen molar-refractivity contribution >= 4 is 22.6 Å². The highest BCUT2D eigenvalue weighted by molar-refractivity contribution is 7.09. The fourth-order valence-electron chi connectivity index (χ4n) is 3.79. The molecule has 3 heterocycles. The molecule has 1 aromatic heterocycles. The quantitative estimate of drug-likeness (QED) is 0.840. The summed E-state index contributed by atoms with van der Waals surface area (Å²) in [4.78, 5) is 24.3. The van der Waals surface area contributed by atoms with Gasteiger partial charge in [-0.05, 0) is 13.8 Å². The van der Waals surface area contributed by atoms with Gasteiger partial charge in [0.25, 0.3) is 0 Å². The molecule has 4 rings (SSSR count). The van der Waals surface area contributed by atoms with E-state index in [9.17, 15) is 4.79 Å². The van der Waals surface area contributed by atoms with Crippen LogP contribution in [0.3, 0.4) is 0 Å². The van der Waals surface area contributed by atoms with E-state index in [0.29, 0.717) is 6.04 Å². The summed E-state index contributed by atoms with van der Waals surface area (Å²) in [5.41, 5.74) is 1.04. The Balaban J connectivity index is 1.33. The van der Waals surface area contributed by atoms with Gasteiger partial charge in [0.05, 0.1) is 6.04 Å². The Bertz CT molecular complexity index is 787. The van der Waals surface area contributed by atoms with Crippen LogP contribution in [-0.4, -0.2) is 83.0 Å². The zero-order valence-corrected chi connectivity index (χ0v) is 17.4. The van der Waals surface area contributed by atoms with Gasteiger partial charge in [-0.15, -0.1) is 0 Å². The maximum atomic E-state index is 12.9.